The average Bonchev–Trinajstić information content (AvgIpc) is 2.82. The number of carboxylic acid groups (broad SMARTS) is 1. The average molecular weight is 254 g/mol. The molecule has 0 unspecified atom stereocenters. The van der Waals surface area contributed by atoms with Gasteiger partial charge in [0.2, 0.25) is 0 Å². The lowest BCUT2D eigenvalue weighted by atomic mass is 10.2. The van der Waals surface area contributed by atoms with Crippen molar-refractivity contribution < 1.29 is 9.90 Å². The minimum atomic E-state index is -0.950. The quantitative estimate of drug-likeness (QED) is 0.767. The summed E-state index contributed by atoms with van der Waals surface area (Å²) >= 11 is 0. The van der Waals surface area contributed by atoms with E-state index in [1.165, 1.54) is 0 Å². The summed E-state index contributed by atoms with van der Waals surface area (Å²) < 4.78 is 1.85. The number of rotatable bonds is 3. The highest BCUT2D eigenvalue weighted by Crippen LogP contribution is 2.16. The maximum Gasteiger partial charge on any atom is 0.335 e. The number of aromatic nitrogens is 4. The maximum absolute atomic E-state index is 11.0. The lowest BCUT2D eigenvalue weighted by Gasteiger charge is -2.03. The van der Waals surface area contributed by atoms with E-state index in [1.54, 1.807) is 43.1 Å². The van der Waals surface area contributed by atoms with Crippen LogP contribution in [0.3, 0.4) is 0 Å². The van der Waals surface area contributed by atoms with Crippen molar-refractivity contribution in [3.8, 4) is 0 Å². The van der Waals surface area contributed by atoms with Gasteiger partial charge in [-0.25, -0.2) is 9.78 Å². The van der Waals surface area contributed by atoms with E-state index in [1.807, 2.05) is 4.57 Å². The molecule has 0 aliphatic carbocycles. The number of hydrogen-bond donors (Lipinski definition) is 1. The zero-order chi connectivity index (χ0) is 13.2. The normalized spacial score (nSPS) is 10.7. The number of carbonyl (C=O) groups is 1. The monoisotopic (exact) mass is 254 g/mol. The Labute approximate surface area is 108 Å². The van der Waals surface area contributed by atoms with E-state index in [9.17, 15) is 4.79 Å². The summed E-state index contributed by atoms with van der Waals surface area (Å²) in [6, 6.07) is 4.86. The molecule has 0 atom stereocenters. The second-order valence-electron chi connectivity index (χ2n) is 4.08. The van der Waals surface area contributed by atoms with E-state index >= 15 is 0 Å². The number of nitrogens with zero attached hydrogens (tertiary/aromatic N) is 4. The summed E-state index contributed by atoms with van der Waals surface area (Å²) in [7, 11) is 0. The summed E-state index contributed by atoms with van der Waals surface area (Å²) in [6.07, 6.45) is 6.58. The highest BCUT2D eigenvalue weighted by molar-refractivity contribution is 5.92. The molecule has 0 amide bonds. The van der Waals surface area contributed by atoms with E-state index < -0.39 is 5.97 Å². The minimum Gasteiger partial charge on any atom is -0.478 e. The number of fused-ring (bicyclic) bond motifs is 1. The molecule has 0 aliphatic heterocycles. The Hall–Kier alpha value is -2.76. The predicted molar refractivity (Wildman–Crippen MR) is 67.8 cm³/mol. The van der Waals surface area contributed by atoms with Gasteiger partial charge in [-0.2, -0.15) is 0 Å². The van der Waals surface area contributed by atoms with Gasteiger partial charge in [0.1, 0.15) is 0 Å². The van der Waals surface area contributed by atoms with Gasteiger partial charge in [0.05, 0.1) is 41.4 Å². The summed E-state index contributed by atoms with van der Waals surface area (Å²) in [6.45, 7) is 0.507. The van der Waals surface area contributed by atoms with Crippen LogP contribution in [0.4, 0.5) is 0 Å². The van der Waals surface area contributed by atoms with E-state index in [2.05, 4.69) is 15.0 Å². The maximum atomic E-state index is 11.0. The molecule has 0 radical (unpaired) electrons. The lowest BCUT2D eigenvalue weighted by Crippen LogP contribution is -2.02. The second kappa shape index (κ2) is 4.49. The molecule has 0 saturated heterocycles. The molecule has 19 heavy (non-hydrogen) atoms. The van der Waals surface area contributed by atoms with Crippen LogP contribution in [0.5, 0.6) is 0 Å². The fourth-order valence-electron chi connectivity index (χ4n) is 1.90. The first-order chi connectivity index (χ1) is 9.24. The SMILES string of the molecule is O=C(O)c1ccc2ncn(Cc3cnccn3)c2c1. The van der Waals surface area contributed by atoms with Crippen molar-refractivity contribution in [3.05, 3.63) is 54.4 Å². The summed E-state index contributed by atoms with van der Waals surface area (Å²) in [5, 5.41) is 9.01. The third-order valence-corrected chi connectivity index (χ3v) is 2.82. The molecule has 2 aromatic heterocycles. The molecule has 2 heterocycles. The predicted octanol–water partition coefficient (Wildman–Crippen LogP) is 1.57. The van der Waals surface area contributed by atoms with Gasteiger partial charge in [0.25, 0.3) is 0 Å². The molecule has 0 spiro atoms. The van der Waals surface area contributed by atoms with Gasteiger partial charge >= 0.3 is 5.97 Å². The molecule has 0 aliphatic rings. The lowest BCUT2D eigenvalue weighted by molar-refractivity contribution is 0.0697. The van der Waals surface area contributed by atoms with Gasteiger partial charge in [-0.1, -0.05) is 0 Å². The van der Waals surface area contributed by atoms with Crippen molar-refractivity contribution in [2.45, 2.75) is 6.54 Å². The minimum absolute atomic E-state index is 0.244. The van der Waals surface area contributed by atoms with Gasteiger partial charge in [0.15, 0.2) is 0 Å². The van der Waals surface area contributed by atoms with E-state index in [0.717, 1.165) is 16.7 Å². The first-order valence-electron chi connectivity index (χ1n) is 5.67. The molecule has 6 heteroatoms. The fourth-order valence-corrected chi connectivity index (χ4v) is 1.90. The van der Waals surface area contributed by atoms with Crippen molar-refractivity contribution in [2.75, 3.05) is 0 Å². The van der Waals surface area contributed by atoms with Crippen LogP contribution in [0, 0.1) is 0 Å². The van der Waals surface area contributed by atoms with E-state index in [4.69, 9.17) is 5.11 Å². The fraction of sp³-hybridized carbons (Fsp3) is 0.0769. The zero-order valence-electron chi connectivity index (χ0n) is 9.89. The van der Waals surface area contributed by atoms with Crippen molar-refractivity contribution >= 4 is 17.0 Å². The van der Waals surface area contributed by atoms with Crippen LogP contribution in [-0.2, 0) is 6.54 Å². The third-order valence-electron chi connectivity index (χ3n) is 2.82. The number of imidazole rings is 1. The molecule has 1 aromatic carbocycles. The molecule has 0 bridgehead atoms. The van der Waals surface area contributed by atoms with E-state index in [-0.39, 0.29) is 5.56 Å². The molecule has 3 rings (SSSR count). The first-order valence-corrected chi connectivity index (χ1v) is 5.67. The van der Waals surface area contributed by atoms with Crippen LogP contribution in [0.1, 0.15) is 16.1 Å². The van der Waals surface area contributed by atoms with Crippen LogP contribution in [0.15, 0.2) is 43.1 Å². The second-order valence-corrected chi connectivity index (χ2v) is 4.08. The highest BCUT2D eigenvalue weighted by atomic mass is 16.4. The van der Waals surface area contributed by atoms with Crippen molar-refractivity contribution in [2.24, 2.45) is 0 Å². The number of aromatic carboxylic acids is 1. The smallest absolute Gasteiger partial charge is 0.335 e. The van der Waals surface area contributed by atoms with Crippen LogP contribution >= 0.6 is 0 Å². The van der Waals surface area contributed by atoms with Gasteiger partial charge in [-0.05, 0) is 18.2 Å². The Balaban J connectivity index is 2.04. The Kier molecular flexibility index (Phi) is 2.68. The molecule has 0 fully saturated rings. The van der Waals surface area contributed by atoms with E-state index in [0.29, 0.717) is 6.54 Å². The molecule has 6 nitrogen and oxygen atoms in total. The summed E-state index contributed by atoms with van der Waals surface area (Å²) in [4.78, 5) is 23.4. The number of hydrogen-bond acceptors (Lipinski definition) is 4. The molecule has 94 valence electrons. The Morgan fingerprint density at radius 1 is 1.26 bits per heavy atom. The largest absolute Gasteiger partial charge is 0.478 e. The highest BCUT2D eigenvalue weighted by Gasteiger charge is 2.08. The number of carboxylic acids is 1. The Morgan fingerprint density at radius 3 is 2.89 bits per heavy atom. The molecule has 3 aromatic rings. The van der Waals surface area contributed by atoms with Crippen molar-refractivity contribution in [3.63, 3.8) is 0 Å². The molecule has 1 N–H and O–H groups in total. The van der Waals surface area contributed by atoms with Gasteiger partial charge < -0.3 is 9.67 Å². The standard InChI is InChI=1S/C13H10N4O2/c18-13(19)9-1-2-11-12(5-9)17(8-16-11)7-10-6-14-3-4-15-10/h1-6,8H,7H2,(H,18,19). The van der Waals surface area contributed by atoms with Crippen LogP contribution in [0.25, 0.3) is 11.0 Å². The van der Waals surface area contributed by atoms with Gasteiger partial charge in [0, 0.05) is 12.4 Å². The third kappa shape index (κ3) is 2.15. The molecular formula is C13H10N4O2. The van der Waals surface area contributed by atoms with Crippen molar-refractivity contribution in [1.82, 2.24) is 19.5 Å². The van der Waals surface area contributed by atoms with Gasteiger partial charge in [-0.3, -0.25) is 9.97 Å². The topological polar surface area (TPSA) is 80.9 Å². The van der Waals surface area contributed by atoms with Gasteiger partial charge in [-0.15, -0.1) is 0 Å². The van der Waals surface area contributed by atoms with Crippen LogP contribution in [0.2, 0.25) is 0 Å². The van der Waals surface area contributed by atoms with Crippen molar-refractivity contribution in [1.29, 1.82) is 0 Å². The summed E-state index contributed by atoms with van der Waals surface area (Å²) in [5.74, 6) is -0.950. The summed E-state index contributed by atoms with van der Waals surface area (Å²) in [5.41, 5.74) is 2.57. The first kappa shape index (κ1) is 11.3. The molecular weight excluding hydrogens is 244 g/mol. The van der Waals surface area contributed by atoms with Crippen LogP contribution < -0.4 is 0 Å². The number of benzene rings is 1. The molecule has 0 saturated carbocycles. The Bertz CT molecular complexity index is 737. The Morgan fingerprint density at radius 2 is 2.16 bits per heavy atom. The zero-order valence-corrected chi connectivity index (χ0v) is 9.89. The van der Waals surface area contributed by atoms with Crippen LogP contribution in [-0.4, -0.2) is 30.6 Å².